The number of nitrogens with one attached hydrogen (secondary N) is 2. The van der Waals surface area contributed by atoms with Crippen LogP contribution in [0.5, 0.6) is 0 Å². The summed E-state index contributed by atoms with van der Waals surface area (Å²) in [5, 5.41) is 10.3. The van der Waals surface area contributed by atoms with Gasteiger partial charge in [0.05, 0.1) is 29.2 Å². The maximum absolute atomic E-state index is 14.0. The first-order chi connectivity index (χ1) is 13.7. The summed E-state index contributed by atoms with van der Waals surface area (Å²) >= 11 is 5.25. The quantitative estimate of drug-likeness (QED) is 0.265. The molecule has 0 unspecified atom stereocenters. The maximum Gasteiger partial charge on any atom is 0.200 e. The lowest BCUT2D eigenvalue weighted by Crippen LogP contribution is -2.20. The Morgan fingerprint density at radius 1 is 0.897 bits per heavy atom. The molecule has 10 heteroatoms. The van der Waals surface area contributed by atoms with Gasteiger partial charge in [-0.15, -0.1) is 0 Å². The van der Waals surface area contributed by atoms with Gasteiger partial charge in [-0.1, -0.05) is 18.2 Å². The molecule has 0 atom stereocenters. The summed E-state index contributed by atoms with van der Waals surface area (Å²) in [6.07, 6.45) is 0. The van der Waals surface area contributed by atoms with Gasteiger partial charge in [-0.25, -0.2) is 22.0 Å². The van der Waals surface area contributed by atoms with Crippen LogP contribution in [0.4, 0.5) is 33.3 Å². The number of hydrogen-bond acceptors (Lipinski definition) is 2. The van der Waals surface area contributed by atoms with Crippen LogP contribution in [-0.2, 0) is 6.54 Å². The first-order valence-electron chi connectivity index (χ1n) is 8.38. The first-order valence-corrected chi connectivity index (χ1v) is 8.78. The molecule has 0 bridgehead atoms. The fraction of sp³-hybridized carbons (Fsp3) is 0.158. The summed E-state index contributed by atoms with van der Waals surface area (Å²) in [4.78, 5) is 0. The van der Waals surface area contributed by atoms with Gasteiger partial charge in [0.15, 0.2) is 28.4 Å². The van der Waals surface area contributed by atoms with E-state index in [1.165, 1.54) is 0 Å². The number of benzene rings is 2. The van der Waals surface area contributed by atoms with Crippen molar-refractivity contribution >= 4 is 28.7 Å². The van der Waals surface area contributed by atoms with Crippen molar-refractivity contribution in [1.82, 2.24) is 9.78 Å². The SMILES string of the molecule is Cc1nn(Cc2c(F)c(F)c(F)c(F)c2F)c(C)c1NC(=S)Nc1ccccc1. The van der Waals surface area contributed by atoms with Crippen molar-refractivity contribution in [2.24, 2.45) is 0 Å². The summed E-state index contributed by atoms with van der Waals surface area (Å²) in [6, 6.07) is 9.10. The topological polar surface area (TPSA) is 41.9 Å². The van der Waals surface area contributed by atoms with Crippen LogP contribution < -0.4 is 10.6 Å². The fourth-order valence-electron chi connectivity index (χ4n) is 2.77. The van der Waals surface area contributed by atoms with Crippen molar-refractivity contribution in [2.75, 3.05) is 10.6 Å². The lowest BCUT2D eigenvalue weighted by Gasteiger charge is -2.12. The molecule has 0 radical (unpaired) electrons. The highest BCUT2D eigenvalue weighted by atomic mass is 32.1. The Kier molecular flexibility index (Phi) is 5.83. The number of aryl methyl sites for hydroxylation is 1. The van der Waals surface area contributed by atoms with Crippen molar-refractivity contribution in [3.05, 3.63) is 76.4 Å². The number of anilines is 2. The Balaban J connectivity index is 1.86. The third-order valence-corrected chi connectivity index (χ3v) is 4.46. The van der Waals surface area contributed by atoms with Gasteiger partial charge in [0.1, 0.15) is 0 Å². The summed E-state index contributed by atoms with van der Waals surface area (Å²) in [5.41, 5.74) is 1.08. The van der Waals surface area contributed by atoms with Crippen molar-refractivity contribution in [1.29, 1.82) is 0 Å². The second-order valence-electron chi connectivity index (χ2n) is 6.20. The minimum absolute atomic E-state index is 0.248. The van der Waals surface area contributed by atoms with Crippen LogP contribution in [0.1, 0.15) is 17.0 Å². The number of rotatable bonds is 4. The molecule has 2 aromatic carbocycles. The lowest BCUT2D eigenvalue weighted by atomic mass is 10.1. The highest BCUT2D eigenvalue weighted by molar-refractivity contribution is 7.80. The zero-order valence-corrected chi connectivity index (χ0v) is 16.1. The Bertz CT molecular complexity index is 1050. The molecule has 0 amide bonds. The number of halogens is 5. The predicted octanol–water partition coefficient (Wildman–Crippen LogP) is 5.05. The van der Waals surface area contributed by atoms with Crippen LogP contribution in [-0.4, -0.2) is 14.9 Å². The van der Waals surface area contributed by atoms with E-state index in [1.807, 2.05) is 18.2 Å². The van der Waals surface area contributed by atoms with E-state index in [2.05, 4.69) is 15.7 Å². The fourth-order valence-corrected chi connectivity index (χ4v) is 2.99. The molecule has 29 heavy (non-hydrogen) atoms. The zero-order chi connectivity index (χ0) is 21.3. The maximum atomic E-state index is 14.0. The standard InChI is InChI=1S/C19H15F5N4S/c1-9-18(26-19(29)25-11-6-4-3-5-7-11)10(2)28(27-9)8-12-13(20)15(22)17(24)16(23)14(12)21/h3-7H,8H2,1-2H3,(H2,25,26,29). The highest BCUT2D eigenvalue weighted by Gasteiger charge is 2.26. The van der Waals surface area contributed by atoms with E-state index in [1.54, 1.807) is 26.0 Å². The van der Waals surface area contributed by atoms with Crippen LogP contribution in [0, 0.1) is 42.9 Å². The molecule has 0 fully saturated rings. The van der Waals surface area contributed by atoms with E-state index in [0.717, 1.165) is 10.4 Å². The largest absolute Gasteiger partial charge is 0.332 e. The Hall–Kier alpha value is -3.01. The molecule has 1 heterocycles. The molecule has 4 nitrogen and oxygen atoms in total. The van der Waals surface area contributed by atoms with Gasteiger partial charge in [-0.3, -0.25) is 4.68 Å². The van der Waals surface area contributed by atoms with Crippen LogP contribution in [0.25, 0.3) is 0 Å². The molecule has 1 aromatic heterocycles. The van der Waals surface area contributed by atoms with Crippen LogP contribution >= 0.6 is 12.2 Å². The van der Waals surface area contributed by atoms with E-state index >= 15 is 0 Å². The van der Waals surface area contributed by atoms with E-state index < -0.39 is 41.2 Å². The second-order valence-corrected chi connectivity index (χ2v) is 6.61. The van der Waals surface area contributed by atoms with Gasteiger partial charge < -0.3 is 10.6 Å². The molecule has 0 aliphatic rings. The zero-order valence-electron chi connectivity index (χ0n) is 15.3. The molecule has 0 spiro atoms. The minimum atomic E-state index is -2.20. The molecule has 2 N–H and O–H groups in total. The minimum Gasteiger partial charge on any atom is -0.332 e. The third kappa shape index (κ3) is 4.07. The Morgan fingerprint density at radius 2 is 1.45 bits per heavy atom. The third-order valence-electron chi connectivity index (χ3n) is 4.26. The predicted molar refractivity (Wildman–Crippen MR) is 103 cm³/mol. The Labute approximate surface area is 168 Å². The van der Waals surface area contributed by atoms with E-state index in [9.17, 15) is 22.0 Å². The average molecular weight is 426 g/mol. The molecular weight excluding hydrogens is 411 g/mol. The van der Waals surface area contributed by atoms with Crippen molar-refractivity contribution in [3.8, 4) is 0 Å². The van der Waals surface area contributed by atoms with Crippen LogP contribution in [0.2, 0.25) is 0 Å². The molecule has 152 valence electrons. The van der Waals surface area contributed by atoms with E-state index in [-0.39, 0.29) is 5.11 Å². The van der Waals surface area contributed by atoms with Gasteiger partial charge >= 0.3 is 0 Å². The molecule has 0 aliphatic heterocycles. The average Bonchev–Trinajstić information content (AvgIpc) is 2.96. The summed E-state index contributed by atoms with van der Waals surface area (Å²) in [6.45, 7) is 2.56. The monoisotopic (exact) mass is 426 g/mol. The number of para-hydroxylation sites is 1. The second kappa shape index (κ2) is 8.16. The normalized spacial score (nSPS) is 10.9. The van der Waals surface area contributed by atoms with Gasteiger partial charge in [0.2, 0.25) is 5.82 Å². The van der Waals surface area contributed by atoms with Gasteiger partial charge in [0.25, 0.3) is 0 Å². The molecular formula is C19H15F5N4S. The number of thiocarbonyl (C=S) groups is 1. The van der Waals surface area contributed by atoms with E-state index in [4.69, 9.17) is 12.2 Å². The van der Waals surface area contributed by atoms with Crippen molar-refractivity contribution < 1.29 is 22.0 Å². The van der Waals surface area contributed by atoms with Crippen LogP contribution in [0.3, 0.4) is 0 Å². The van der Waals surface area contributed by atoms with Crippen molar-refractivity contribution in [3.63, 3.8) is 0 Å². The van der Waals surface area contributed by atoms with E-state index in [0.29, 0.717) is 17.1 Å². The van der Waals surface area contributed by atoms with Gasteiger partial charge in [-0.05, 0) is 38.2 Å². The smallest absolute Gasteiger partial charge is 0.200 e. The molecule has 3 rings (SSSR count). The summed E-state index contributed by atoms with van der Waals surface area (Å²) in [7, 11) is 0. The summed E-state index contributed by atoms with van der Waals surface area (Å²) < 4.78 is 69.2. The Morgan fingerprint density at radius 3 is 2.03 bits per heavy atom. The van der Waals surface area contributed by atoms with Gasteiger partial charge in [-0.2, -0.15) is 5.10 Å². The lowest BCUT2D eigenvalue weighted by molar-refractivity contribution is 0.366. The molecule has 0 aliphatic carbocycles. The first kappa shape index (κ1) is 20.7. The molecule has 0 saturated carbocycles. The molecule has 3 aromatic rings. The van der Waals surface area contributed by atoms with Gasteiger partial charge in [0, 0.05) is 5.69 Å². The van der Waals surface area contributed by atoms with Crippen molar-refractivity contribution in [2.45, 2.75) is 20.4 Å². The molecule has 0 saturated heterocycles. The number of aromatic nitrogens is 2. The highest BCUT2D eigenvalue weighted by Crippen LogP contribution is 2.26. The van der Waals surface area contributed by atoms with Crippen LogP contribution in [0.15, 0.2) is 30.3 Å². The summed E-state index contributed by atoms with van der Waals surface area (Å²) in [5.74, 6) is -9.95. The number of hydrogen-bond donors (Lipinski definition) is 2. The number of nitrogens with zero attached hydrogens (tertiary/aromatic N) is 2.